The second kappa shape index (κ2) is 8.91. The first-order chi connectivity index (χ1) is 15.8. The third-order valence-electron chi connectivity index (χ3n) is 3.76. The third-order valence-corrected chi connectivity index (χ3v) is 4.89. The SMILES string of the molecule is [2H]C([2H])([2H])NC(=O)c1nncc(Nc2ccc(C(F)F)nn2)c1Nc1ncccc1S(C)(=O)=O. The van der Waals surface area contributed by atoms with Crippen molar-refractivity contribution in [1.29, 1.82) is 0 Å². The van der Waals surface area contributed by atoms with Crippen LogP contribution in [0.25, 0.3) is 0 Å². The minimum absolute atomic E-state index is 0.0325. The summed E-state index contributed by atoms with van der Waals surface area (Å²) in [5.41, 5.74) is -1.33. The number of hydrogen-bond donors (Lipinski definition) is 3. The molecule has 0 unspecified atom stereocenters. The number of carbonyl (C=O) groups excluding carboxylic acids is 1. The average molecular weight is 453 g/mol. The highest BCUT2D eigenvalue weighted by Gasteiger charge is 2.21. The van der Waals surface area contributed by atoms with Crippen molar-refractivity contribution >= 4 is 38.8 Å². The van der Waals surface area contributed by atoms with Crippen molar-refractivity contribution in [2.24, 2.45) is 0 Å². The van der Waals surface area contributed by atoms with E-state index >= 15 is 0 Å². The van der Waals surface area contributed by atoms with Gasteiger partial charge in [0.1, 0.15) is 16.4 Å². The van der Waals surface area contributed by atoms with E-state index in [1.165, 1.54) is 24.4 Å². The molecular weight excluding hydrogens is 434 g/mol. The van der Waals surface area contributed by atoms with Crippen molar-refractivity contribution in [1.82, 2.24) is 30.7 Å². The van der Waals surface area contributed by atoms with Crippen LogP contribution < -0.4 is 16.0 Å². The van der Waals surface area contributed by atoms with Gasteiger partial charge in [-0.1, -0.05) is 0 Å². The van der Waals surface area contributed by atoms with Crippen LogP contribution in [0.5, 0.6) is 0 Å². The van der Waals surface area contributed by atoms with E-state index in [9.17, 15) is 22.0 Å². The Hall–Kier alpha value is -3.81. The van der Waals surface area contributed by atoms with Crippen LogP contribution in [0.2, 0.25) is 0 Å². The molecule has 3 heterocycles. The Morgan fingerprint density at radius 3 is 2.61 bits per heavy atom. The van der Waals surface area contributed by atoms with E-state index in [1.54, 1.807) is 5.32 Å². The smallest absolute Gasteiger partial charge is 0.282 e. The summed E-state index contributed by atoms with van der Waals surface area (Å²) in [6, 6.07) is 4.85. The summed E-state index contributed by atoms with van der Waals surface area (Å²) in [4.78, 5) is 16.3. The zero-order chi connectivity index (χ0) is 25.1. The number of rotatable bonds is 7. The number of amides is 1. The molecule has 0 aromatic carbocycles. The molecule has 0 saturated carbocycles. The normalized spacial score (nSPS) is 13.1. The third kappa shape index (κ3) is 5.03. The van der Waals surface area contributed by atoms with Gasteiger partial charge in [0.15, 0.2) is 21.3 Å². The van der Waals surface area contributed by atoms with Crippen LogP contribution in [0.4, 0.5) is 31.8 Å². The van der Waals surface area contributed by atoms with Crippen molar-refractivity contribution in [2.75, 3.05) is 23.9 Å². The molecule has 11 nitrogen and oxygen atoms in total. The van der Waals surface area contributed by atoms with Gasteiger partial charge in [0, 0.05) is 23.5 Å². The number of carbonyl (C=O) groups is 1. The molecule has 0 saturated heterocycles. The van der Waals surface area contributed by atoms with Crippen molar-refractivity contribution in [3.05, 3.63) is 48.0 Å². The van der Waals surface area contributed by atoms with Crippen molar-refractivity contribution in [2.45, 2.75) is 11.3 Å². The van der Waals surface area contributed by atoms with Crippen molar-refractivity contribution < 1.29 is 26.1 Å². The van der Waals surface area contributed by atoms with E-state index in [1.807, 2.05) is 0 Å². The zero-order valence-electron chi connectivity index (χ0n) is 18.7. The van der Waals surface area contributed by atoms with Gasteiger partial charge in [0.05, 0.1) is 17.6 Å². The number of anilines is 4. The maximum atomic E-state index is 12.7. The fourth-order valence-corrected chi connectivity index (χ4v) is 3.17. The Balaban J connectivity index is 2.10. The van der Waals surface area contributed by atoms with E-state index in [4.69, 9.17) is 4.11 Å². The fraction of sp³-hybridized carbons (Fsp3) is 0.176. The molecule has 1 amide bonds. The lowest BCUT2D eigenvalue weighted by Gasteiger charge is -2.16. The van der Waals surface area contributed by atoms with Crippen molar-refractivity contribution in [3.8, 4) is 0 Å². The zero-order valence-corrected chi connectivity index (χ0v) is 16.5. The number of sulfone groups is 1. The monoisotopic (exact) mass is 453 g/mol. The number of alkyl halides is 2. The summed E-state index contributed by atoms with van der Waals surface area (Å²) in [7, 11) is -3.77. The van der Waals surface area contributed by atoms with E-state index in [-0.39, 0.29) is 27.9 Å². The summed E-state index contributed by atoms with van der Waals surface area (Å²) in [5, 5.41) is 21.4. The number of nitrogens with one attached hydrogen (secondary N) is 3. The topological polar surface area (TPSA) is 152 Å². The van der Waals surface area contributed by atoms with E-state index in [0.29, 0.717) is 0 Å². The molecular formula is C17H16F2N8O3S. The van der Waals surface area contributed by atoms with Gasteiger partial charge in [0.25, 0.3) is 12.3 Å². The lowest BCUT2D eigenvalue weighted by molar-refractivity contribution is 0.0958. The van der Waals surface area contributed by atoms with Crippen LogP contribution in [0.15, 0.2) is 41.6 Å². The van der Waals surface area contributed by atoms with Gasteiger partial charge in [-0.3, -0.25) is 4.79 Å². The van der Waals surface area contributed by atoms with Crippen LogP contribution in [-0.4, -0.2) is 52.9 Å². The van der Waals surface area contributed by atoms with Gasteiger partial charge in [-0.25, -0.2) is 22.2 Å². The fourth-order valence-electron chi connectivity index (χ4n) is 2.39. The molecule has 0 aliphatic carbocycles. The molecule has 14 heteroatoms. The van der Waals surface area contributed by atoms with Gasteiger partial charge in [-0.2, -0.15) is 5.10 Å². The summed E-state index contributed by atoms with van der Waals surface area (Å²) in [6.07, 6.45) is 0.507. The minimum Gasteiger partial charge on any atom is -0.354 e. The number of aromatic nitrogens is 5. The van der Waals surface area contributed by atoms with Gasteiger partial charge < -0.3 is 16.0 Å². The number of hydrogen-bond acceptors (Lipinski definition) is 10. The Bertz CT molecular complexity index is 1310. The molecule has 31 heavy (non-hydrogen) atoms. The van der Waals surface area contributed by atoms with E-state index < -0.39 is 40.5 Å². The van der Waals surface area contributed by atoms with Crippen LogP contribution in [0.1, 0.15) is 26.7 Å². The first kappa shape index (κ1) is 18.0. The summed E-state index contributed by atoms with van der Waals surface area (Å²) in [6.45, 7) is -2.86. The Morgan fingerprint density at radius 2 is 1.97 bits per heavy atom. The minimum atomic E-state index is -3.77. The number of halogens is 2. The van der Waals surface area contributed by atoms with E-state index in [0.717, 1.165) is 18.5 Å². The first-order valence-electron chi connectivity index (χ1n) is 9.84. The van der Waals surface area contributed by atoms with Crippen LogP contribution in [-0.2, 0) is 9.84 Å². The lowest BCUT2D eigenvalue weighted by atomic mass is 10.2. The highest BCUT2D eigenvalue weighted by Crippen LogP contribution is 2.31. The molecule has 0 fully saturated rings. The quantitative estimate of drug-likeness (QED) is 0.483. The molecule has 3 N–H and O–H groups in total. The maximum absolute atomic E-state index is 12.7. The second-order valence-electron chi connectivity index (χ2n) is 5.95. The van der Waals surface area contributed by atoms with Gasteiger partial charge in [0.2, 0.25) is 0 Å². The van der Waals surface area contributed by atoms with Crippen LogP contribution >= 0.6 is 0 Å². The Morgan fingerprint density at radius 1 is 1.16 bits per heavy atom. The first-order valence-corrected chi connectivity index (χ1v) is 10.2. The van der Waals surface area contributed by atoms with Crippen LogP contribution in [0, 0.1) is 0 Å². The highest BCUT2D eigenvalue weighted by atomic mass is 32.2. The number of pyridine rings is 1. The van der Waals surface area contributed by atoms with Crippen molar-refractivity contribution in [3.63, 3.8) is 0 Å². The predicted octanol–water partition coefficient (Wildman–Crippen LogP) is 1.85. The summed E-state index contributed by atoms with van der Waals surface area (Å²) >= 11 is 0. The predicted molar refractivity (Wildman–Crippen MR) is 106 cm³/mol. The molecule has 0 aliphatic heterocycles. The molecule has 162 valence electrons. The maximum Gasteiger partial charge on any atom is 0.282 e. The molecule has 0 radical (unpaired) electrons. The van der Waals surface area contributed by atoms with Crippen LogP contribution in [0.3, 0.4) is 0 Å². The standard InChI is InChI=1S/C17H16F2N8O3S/c1-20-17(28)14-13(24-16-11(31(2,29)30)4-3-7-21-16)10(8-22-27-14)23-12-6-5-9(15(18)19)25-26-12/h3-8,15H,1-2H3,(H,20,28)(H,21,22,24)(H,23,26,27)/i1D3. The molecule has 3 aromatic rings. The largest absolute Gasteiger partial charge is 0.354 e. The molecule has 3 rings (SSSR count). The molecule has 0 aliphatic rings. The molecule has 0 bridgehead atoms. The van der Waals surface area contributed by atoms with E-state index in [2.05, 4.69) is 36.0 Å². The number of nitrogens with zero attached hydrogens (tertiary/aromatic N) is 5. The van der Waals surface area contributed by atoms with Gasteiger partial charge >= 0.3 is 0 Å². The molecule has 3 aromatic heterocycles. The highest BCUT2D eigenvalue weighted by molar-refractivity contribution is 7.90. The Kier molecular flexibility index (Phi) is 5.17. The lowest BCUT2D eigenvalue weighted by Crippen LogP contribution is -2.22. The average Bonchev–Trinajstić information content (AvgIpc) is 2.73. The summed E-state index contributed by atoms with van der Waals surface area (Å²) in [5.74, 6) is -1.38. The second-order valence-corrected chi connectivity index (χ2v) is 7.94. The van der Waals surface area contributed by atoms with Gasteiger partial charge in [-0.05, 0) is 24.3 Å². The van der Waals surface area contributed by atoms with Gasteiger partial charge in [-0.15, -0.1) is 15.3 Å². The molecule has 0 spiro atoms. The Labute approximate surface area is 179 Å². The summed E-state index contributed by atoms with van der Waals surface area (Å²) < 4.78 is 71.6. The molecule has 0 atom stereocenters.